The Labute approximate surface area is 153 Å². The lowest BCUT2D eigenvalue weighted by Crippen LogP contribution is -2.41. The summed E-state index contributed by atoms with van der Waals surface area (Å²) in [6, 6.07) is 8.93. The van der Waals surface area contributed by atoms with Crippen molar-refractivity contribution in [2.24, 2.45) is 16.7 Å². The quantitative estimate of drug-likeness (QED) is 0.545. The van der Waals surface area contributed by atoms with Crippen LogP contribution in [0.2, 0.25) is 0 Å². The molecule has 1 atom stereocenters. The Hall–Kier alpha value is -1.56. The van der Waals surface area contributed by atoms with E-state index in [0.717, 1.165) is 0 Å². The first-order chi connectivity index (χ1) is 11.9. The summed E-state index contributed by atoms with van der Waals surface area (Å²) in [6.07, 6.45) is 16.7. The third-order valence-electron chi connectivity index (χ3n) is 7.64. The number of hydrogen-bond donors (Lipinski definition) is 0. The summed E-state index contributed by atoms with van der Waals surface area (Å²) in [5, 5.41) is 0. The molecule has 0 bridgehead atoms. The Kier molecular flexibility index (Phi) is 4.06. The minimum Gasteiger partial charge on any atom is -0.0758 e. The molecule has 0 heteroatoms. The highest BCUT2D eigenvalue weighted by atomic mass is 14.5. The van der Waals surface area contributed by atoms with Gasteiger partial charge in [-0.3, -0.25) is 0 Å². The van der Waals surface area contributed by atoms with E-state index in [1.807, 2.05) is 0 Å². The second kappa shape index (κ2) is 6.01. The highest BCUT2D eigenvalue weighted by molar-refractivity contribution is 5.63. The van der Waals surface area contributed by atoms with E-state index < -0.39 is 0 Å². The Morgan fingerprint density at radius 2 is 1.44 bits per heavy atom. The second-order valence-electron chi connectivity index (χ2n) is 9.38. The van der Waals surface area contributed by atoms with Crippen LogP contribution in [-0.4, -0.2) is 0 Å². The Morgan fingerprint density at radius 3 is 2.12 bits per heavy atom. The number of rotatable bonds is 3. The van der Waals surface area contributed by atoms with Crippen LogP contribution in [-0.2, 0) is 0 Å². The molecule has 1 unspecified atom stereocenters. The topological polar surface area (TPSA) is 0 Å². The van der Waals surface area contributed by atoms with Gasteiger partial charge in [0.2, 0.25) is 0 Å². The van der Waals surface area contributed by atoms with Crippen molar-refractivity contribution in [3.05, 3.63) is 64.8 Å². The average molecular weight is 333 g/mol. The summed E-state index contributed by atoms with van der Waals surface area (Å²) in [7, 11) is 0. The van der Waals surface area contributed by atoms with Crippen LogP contribution in [0.15, 0.2) is 53.6 Å². The molecule has 0 saturated heterocycles. The van der Waals surface area contributed by atoms with Crippen LogP contribution >= 0.6 is 0 Å². The first-order valence-corrected chi connectivity index (χ1v) is 10.1. The molecule has 4 rings (SSSR count). The van der Waals surface area contributed by atoms with E-state index in [4.69, 9.17) is 0 Å². The van der Waals surface area contributed by atoms with Crippen LogP contribution in [0, 0.1) is 16.7 Å². The van der Waals surface area contributed by atoms with E-state index in [1.54, 1.807) is 11.1 Å². The van der Waals surface area contributed by atoms with Crippen LogP contribution in [0.4, 0.5) is 0 Å². The third-order valence-corrected chi connectivity index (χ3v) is 7.64. The van der Waals surface area contributed by atoms with Gasteiger partial charge >= 0.3 is 0 Å². The molecule has 0 amide bonds. The van der Waals surface area contributed by atoms with E-state index >= 15 is 0 Å². The van der Waals surface area contributed by atoms with Crippen molar-refractivity contribution in [2.75, 3.05) is 0 Å². The molecular weight excluding hydrogens is 300 g/mol. The maximum absolute atomic E-state index is 2.62. The van der Waals surface area contributed by atoms with Gasteiger partial charge in [-0.25, -0.2) is 0 Å². The zero-order chi connectivity index (χ0) is 17.7. The smallest absolute Gasteiger partial charge is 0.00838 e. The predicted octanol–water partition coefficient (Wildman–Crippen LogP) is 7.30. The van der Waals surface area contributed by atoms with Crippen molar-refractivity contribution in [3.8, 4) is 0 Å². The number of benzene rings is 1. The number of allylic oxidation sites excluding steroid dienone is 5. The maximum Gasteiger partial charge on any atom is 0.00838 e. The van der Waals surface area contributed by atoms with E-state index in [1.165, 1.54) is 43.2 Å². The molecule has 3 aliphatic rings. The highest BCUT2D eigenvalue weighted by Crippen LogP contribution is 2.57. The van der Waals surface area contributed by atoms with Crippen LogP contribution in [0.1, 0.15) is 76.8 Å². The van der Waals surface area contributed by atoms with E-state index in [2.05, 4.69) is 76.3 Å². The molecule has 25 heavy (non-hydrogen) atoms. The largest absolute Gasteiger partial charge is 0.0758 e. The zero-order valence-electron chi connectivity index (χ0n) is 16.3. The molecule has 1 aromatic carbocycles. The lowest BCUT2D eigenvalue weighted by molar-refractivity contribution is 0.0664. The van der Waals surface area contributed by atoms with Gasteiger partial charge in [-0.15, -0.1) is 0 Å². The Morgan fingerprint density at radius 1 is 0.800 bits per heavy atom. The van der Waals surface area contributed by atoms with Gasteiger partial charge in [0.05, 0.1) is 0 Å². The van der Waals surface area contributed by atoms with Crippen molar-refractivity contribution < 1.29 is 0 Å². The lowest BCUT2D eigenvalue weighted by atomic mass is 9.55. The van der Waals surface area contributed by atoms with Crippen molar-refractivity contribution >= 4 is 6.08 Å². The summed E-state index contributed by atoms with van der Waals surface area (Å²) in [5.74, 6) is 1.06. The van der Waals surface area contributed by atoms with Gasteiger partial charge in [-0.2, -0.15) is 0 Å². The maximum atomic E-state index is 2.62. The number of fused-ring (bicyclic) bond motifs is 2. The molecule has 1 aromatic rings. The van der Waals surface area contributed by atoms with E-state index in [-0.39, 0.29) is 10.8 Å². The van der Waals surface area contributed by atoms with Crippen molar-refractivity contribution in [1.29, 1.82) is 0 Å². The third kappa shape index (κ3) is 2.65. The van der Waals surface area contributed by atoms with Gasteiger partial charge in [-0.05, 0) is 58.8 Å². The van der Waals surface area contributed by atoms with Gasteiger partial charge in [0.15, 0.2) is 0 Å². The molecule has 0 aromatic heterocycles. The molecule has 0 aliphatic heterocycles. The molecule has 1 fully saturated rings. The fraction of sp³-hybridized carbons (Fsp3) is 0.520. The highest BCUT2D eigenvalue weighted by Gasteiger charge is 2.48. The van der Waals surface area contributed by atoms with Crippen LogP contribution in [0.25, 0.3) is 6.08 Å². The fourth-order valence-electron chi connectivity index (χ4n) is 5.12. The first kappa shape index (κ1) is 16.9. The molecule has 0 nitrogen and oxygen atoms in total. The van der Waals surface area contributed by atoms with Crippen molar-refractivity contribution in [1.82, 2.24) is 0 Å². The summed E-state index contributed by atoms with van der Waals surface area (Å²) in [4.78, 5) is 0. The minimum atomic E-state index is 0.193. The van der Waals surface area contributed by atoms with Gasteiger partial charge in [0, 0.05) is 11.8 Å². The molecule has 1 saturated carbocycles. The standard InChI is InChI=1S/C25H32/c1-24(2,21-16-19-11-6-5-7-12-20(19)17-21)25(3,4)23-15-14-18-10-8-9-13-22(18)23/h8-10,13-17,21,23H,5-7,11-12H2,1-4H3. The van der Waals surface area contributed by atoms with E-state index in [9.17, 15) is 0 Å². The summed E-state index contributed by atoms with van der Waals surface area (Å²) in [6.45, 7) is 9.95. The van der Waals surface area contributed by atoms with Gasteiger partial charge in [-0.1, -0.05) is 82.7 Å². The minimum absolute atomic E-state index is 0.193. The summed E-state index contributed by atoms with van der Waals surface area (Å²) in [5.41, 5.74) is 6.64. The molecule has 132 valence electrons. The van der Waals surface area contributed by atoms with Crippen molar-refractivity contribution in [2.45, 2.75) is 65.7 Å². The van der Waals surface area contributed by atoms with E-state index in [0.29, 0.717) is 11.8 Å². The monoisotopic (exact) mass is 332 g/mol. The second-order valence-corrected chi connectivity index (χ2v) is 9.38. The fourth-order valence-corrected chi connectivity index (χ4v) is 5.12. The van der Waals surface area contributed by atoms with Gasteiger partial charge < -0.3 is 0 Å². The zero-order valence-corrected chi connectivity index (χ0v) is 16.3. The van der Waals surface area contributed by atoms with Crippen LogP contribution < -0.4 is 0 Å². The molecular formula is C25H32. The van der Waals surface area contributed by atoms with Crippen molar-refractivity contribution in [3.63, 3.8) is 0 Å². The van der Waals surface area contributed by atoms with Gasteiger partial charge in [0.1, 0.15) is 0 Å². The SMILES string of the molecule is CC(C)(C1C=C2CCCCCC2=C1)C(C)(C)C1C=Cc2ccccc21. The molecule has 0 N–H and O–H groups in total. The predicted molar refractivity (Wildman–Crippen MR) is 109 cm³/mol. The summed E-state index contributed by atoms with van der Waals surface area (Å²) < 4.78 is 0. The Balaban J connectivity index is 1.66. The van der Waals surface area contributed by atoms with Crippen LogP contribution in [0.5, 0.6) is 0 Å². The van der Waals surface area contributed by atoms with Gasteiger partial charge in [0.25, 0.3) is 0 Å². The average Bonchev–Trinajstić information content (AvgIpc) is 3.14. The first-order valence-electron chi connectivity index (χ1n) is 10.1. The molecule has 0 heterocycles. The number of hydrogen-bond acceptors (Lipinski definition) is 0. The lowest BCUT2D eigenvalue weighted by Gasteiger charge is -2.48. The molecule has 3 aliphatic carbocycles. The normalized spacial score (nSPS) is 23.8. The van der Waals surface area contributed by atoms with Crippen LogP contribution in [0.3, 0.4) is 0 Å². The molecule has 0 spiro atoms. The summed E-state index contributed by atoms with van der Waals surface area (Å²) >= 11 is 0. The molecule has 0 radical (unpaired) electrons. The Bertz CT molecular complexity index is 732.